The van der Waals surface area contributed by atoms with Crippen LogP contribution in [0.5, 0.6) is 11.5 Å². The molecule has 36 heavy (non-hydrogen) atoms. The Morgan fingerprint density at radius 3 is 2.36 bits per heavy atom. The molecule has 3 aromatic rings. The van der Waals surface area contributed by atoms with Gasteiger partial charge in [-0.1, -0.05) is 42.8 Å². The summed E-state index contributed by atoms with van der Waals surface area (Å²) in [6.45, 7) is 6.98. The van der Waals surface area contributed by atoms with Crippen LogP contribution in [-0.4, -0.2) is 39.9 Å². The highest BCUT2D eigenvalue weighted by Gasteiger charge is 2.46. The molecule has 1 aliphatic rings. The number of rotatable bonds is 9. The second-order valence-corrected chi connectivity index (χ2v) is 8.64. The molecule has 0 saturated carbocycles. The van der Waals surface area contributed by atoms with Gasteiger partial charge < -0.3 is 19.5 Å². The van der Waals surface area contributed by atoms with E-state index in [1.54, 1.807) is 48.8 Å². The number of likely N-dealkylation sites (tertiary alicyclic amines) is 1. The Morgan fingerprint density at radius 1 is 0.972 bits per heavy atom. The summed E-state index contributed by atoms with van der Waals surface area (Å²) in [5.41, 5.74) is 3.00. The van der Waals surface area contributed by atoms with E-state index in [1.807, 2.05) is 39.0 Å². The van der Waals surface area contributed by atoms with Crippen LogP contribution >= 0.6 is 0 Å². The number of aryl methyl sites for hydroxylation is 1. The van der Waals surface area contributed by atoms with Crippen molar-refractivity contribution in [1.29, 1.82) is 0 Å². The van der Waals surface area contributed by atoms with Gasteiger partial charge >= 0.3 is 0 Å². The maximum Gasteiger partial charge on any atom is 0.295 e. The molecule has 186 valence electrons. The molecule has 7 heteroatoms. The van der Waals surface area contributed by atoms with Gasteiger partial charge in [0.1, 0.15) is 5.76 Å². The van der Waals surface area contributed by atoms with Crippen molar-refractivity contribution < 1.29 is 24.2 Å². The minimum atomic E-state index is -0.807. The molecule has 1 aromatic heterocycles. The monoisotopic (exact) mass is 486 g/mol. The van der Waals surface area contributed by atoms with E-state index >= 15 is 0 Å². The Bertz CT molecular complexity index is 1270. The normalized spacial score (nSPS) is 16.9. The van der Waals surface area contributed by atoms with E-state index in [0.717, 1.165) is 17.5 Å². The van der Waals surface area contributed by atoms with E-state index in [4.69, 9.17) is 9.47 Å². The number of carbonyl (C=O) groups is 2. The second kappa shape index (κ2) is 11.1. The van der Waals surface area contributed by atoms with Crippen molar-refractivity contribution in [2.45, 2.75) is 39.8 Å². The lowest BCUT2D eigenvalue weighted by Crippen LogP contribution is -2.29. The van der Waals surface area contributed by atoms with Crippen LogP contribution in [0.3, 0.4) is 0 Å². The number of aromatic nitrogens is 1. The number of carbonyl (C=O) groups excluding carboxylic acids is 2. The molecule has 0 bridgehead atoms. The first-order chi connectivity index (χ1) is 17.4. The third-order valence-corrected chi connectivity index (χ3v) is 6.01. The predicted octanol–water partition coefficient (Wildman–Crippen LogP) is 5.20. The first-order valence-electron chi connectivity index (χ1n) is 12.1. The molecular weight excluding hydrogens is 456 g/mol. The van der Waals surface area contributed by atoms with E-state index in [1.165, 1.54) is 4.90 Å². The molecule has 7 nitrogen and oxygen atoms in total. The van der Waals surface area contributed by atoms with Gasteiger partial charge in [-0.15, -0.1) is 0 Å². The molecule has 1 fully saturated rings. The van der Waals surface area contributed by atoms with Crippen LogP contribution in [0, 0.1) is 6.92 Å². The van der Waals surface area contributed by atoms with Crippen LogP contribution in [-0.2, 0) is 16.1 Å². The summed E-state index contributed by atoms with van der Waals surface area (Å²) >= 11 is 0. The zero-order valence-electron chi connectivity index (χ0n) is 20.7. The number of benzene rings is 2. The number of aliphatic hydroxyl groups is 1. The van der Waals surface area contributed by atoms with E-state index in [0.29, 0.717) is 35.8 Å². The largest absolute Gasteiger partial charge is 0.507 e. The van der Waals surface area contributed by atoms with Crippen molar-refractivity contribution in [3.63, 3.8) is 0 Å². The molecule has 2 heterocycles. The number of amides is 1. The van der Waals surface area contributed by atoms with Crippen molar-refractivity contribution in [3.8, 4) is 11.5 Å². The minimum absolute atomic E-state index is 0.0441. The van der Waals surface area contributed by atoms with Crippen LogP contribution in [0.25, 0.3) is 5.76 Å². The molecule has 4 rings (SSSR count). The molecule has 0 spiro atoms. The van der Waals surface area contributed by atoms with Gasteiger partial charge in [0, 0.05) is 24.5 Å². The van der Waals surface area contributed by atoms with Crippen molar-refractivity contribution in [2.75, 3.05) is 13.2 Å². The van der Waals surface area contributed by atoms with Crippen molar-refractivity contribution >= 4 is 17.4 Å². The quantitative estimate of drug-likeness (QED) is 0.254. The maximum absolute atomic E-state index is 13.3. The van der Waals surface area contributed by atoms with Crippen LogP contribution in [0.1, 0.15) is 48.6 Å². The van der Waals surface area contributed by atoms with Crippen molar-refractivity contribution in [3.05, 3.63) is 94.8 Å². The van der Waals surface area contributed by atoms with Gasteiger partial charge in [-0.2, -0.15) is 0 Å². The predicted molar refractivity (Wildman–Crippen MR) is 137 cm³/mol. The summed E-state index contributed by atoms with van der Waals surface area (Å²) in [5.74, 6) is -0.494. The van der Waals surface area contributed by atoms with Crippen LogP contribution in [0.4, 0.5) is 0 Å². The molecule has 1 amide bonds. The van der Waals surface area contributed by atoms with E-state index in [9.17, 15) is 14.7 Å². The van der Waals surface area contributed by atoms with E-state index < -0.39 is 17.7 Å². The highest BCUT2D eigenvalue weighted by Crippen LogP contribution is 2.42. The standard InChI is InChI=1S/C29H30N2O5/c1-4-16-36-23-11-10-22(17-24(23)35-5-2)26-25(27(32)21-8-6-19(3)7-9-21)28(33)29(34)31(26)18-20-12-14-30-15-13-20/h6-15,17,26,32H,4-5,16,18H2,1-3H3/b27-25+. The summed E-state index contributed by atoms with van der Waals surface area (Å²) in [4.78, 5) is 32.1. The Morgan fingerprint density at radius 2 is 1.69 bits per heavy atom. The topological polar surface area (TPSA) is 89.0 Å². The molecule has 1 unspecified atom stereocenters. The Labute approximate surface area is 211 Å². The number of ketones is 1. The zero-order valence-corrected chi connectivity index (χ0v) is 20.7. The fourth-order valence-electron chi connectivity index (χ4n) is 4.24. The lowest BCUT2D eigenvalue weighted by Gasteiger charge is -2.26. The average molecular weight is 487 g/mol. The number of ether oxygens (including phenoxy) is 2. The summed E-state index contributed by atoms with van der Waals surface area (Å²) in [7, 11) is 0. The number of hydrogen-bond acceptors (Lipinski definition) is 6. The number of Topliss-reactive ketones (excluding diaryl/α,β-unsaturated/α-hetero) is 1. The number of pyridine rings is 1. The van der Waals surface area contributed by atoms with Gasteiger partial charge in [0.05, 0.1) is 24.8 Å². The molecule has 0 aliphatic carbocycles. The lowest BCUT2D eigenvalue weighted by atomic mass is 9.94. The third kappa shape index (κ3) is 5.10. The summed E-state index contributed by atoms with van der Waals surface area (Å²) in [6, 6.07) is 15.4. The average Bonchev–Trinajstić information content (AvgIpc) is 3.13. The number of nitrogens with zero attached hydrogens (tertiary/aromatic N) is 2. The molecule has 0 radical (unpaired) electrons. The number of hydrogen-bond donors (Lipinski definition) is 1. The van der Waals surface area contributed by atoms with Gasteiger partial charge in [-0.05, 0) is 55.7 Å². The van der Waals surface area contributed by atoms with Crippen LogP contribution < -0.4 is 9.47 Å². The maximum atomic E-state index is 13.3. The molecule has 1 atom stereocenters. The third-order valence-electron chi connectivity index (χ3n) is 6.01. The highest BCUT2D eigenvalue weighted by atomic mass is 16.5. The molecule has 2 aromatic carbocycles. The Hall–Kier alpha value is -4.13. The summed E-state index contributed by atoms with van der Waals surface area (Å²) < 4.78 is 11.7. The molecule has 1 saturated heterocycles. The van der Waals surface area contributed by atoms with E-state index in [2.05, 4.69) is 4.98 Å². The first-order valence-corrected chi connectivity index (χ1v) is 12.1. The van der Waals surface area contributed by atoms with Gasteiger partial charge in [0.15, 0.2) is 11.5 Å². The Balaban J connectivity index is 1.86. The first kappa shape index (κ1) is 25.0. The molecule has 1 N–H and O–H groups in total. The molecule has 1 aliphatic heterocycles. The fraction of sp³-hybridized carbons (Fsp3) is 0.276. The van der Waals surface area contributed by atoms with Crippen LogP contribution in [0.15, 0.2) is 72.6 Å². The SMILES string of the molecule is CCCOc1ccc(C2/C(=C(\O)c3ccc(C)cc3)C(=O)C(=O)N2Cc2ccncc2)cc1OCC. The van der Waals surface area contributed by atoms with Crippen molar-refractivity contribution in [2.24, 2.45) is 0 Å². The number of aliphatic hydroxyl groups excluding tert-OH is 1. The van der Waals surface area contributed by atoms with Gasteiger partial charge in [0.2, 0.25) is 0 Å². The minimum Gasteiger partial charge on any atom is -0.507 e. The summed E-state index contributed by atoms with van der Waals surface area (Å²) in [6.07, 6.45) is 4.12. The molecular formula is C29H30N2O5. The smallest absolute Gasteiger partial charge is 0.295 e. The van der Waals surface area contributed by atoms with Crippen LogP contribution in [0.2, 0.25) is 0 Å². The summed E-state index contributed by atoms with van der Waals surface area (Å²) in [5, 5.41) is 11.3. The van der Waals surface area contributed by atoms with Crippen molar-refractivity contribution in [1.82, 2.24) is 9.88 Å². The zero-order chi connectivity index (χ0) is 25.7. The van der Waals surface area contributed by atoms with Gasteiger partial charge in [0.25, 0.3) is 11.7 Å². The Kier molecular flexibility index (Phi) is 7.68. The second-order valence-electron chi connectivity index (χ2n) is 8.64. The lowest BCUT2D eigenvalue weighted by molar-refractivity contribution is -0.140. The van der Waals surface area contributed by atoms with Gasteiger partial charge in [-0.25, -0.2) is 0 Å². The van der Waals surface area contributed by atoms with E-state index in [-0.39, 0.29) is 17.9 Å². The fourth-order valence-corrected chi connectivity index (χ4v) is 4.24. The van der Waals surface area contributed by atoms with Gasteiger partial charge in [-0.3, -0.25) is 14.6 Å². The highest BCUT2D eigenvalue weighted by molar-refractivity contribution is 6.46.